The normalized spacial score (nSPS) is 14.3. The van der Waals surface area contributed by atoms with Gasteiger partial charge in [0, 0.05) is 10.8 Å². The molecule has 0 unspecified atom stereocenters. The number of nitrogens with two attached hydrogens (primary N) is 4. The van der Waals surface area contributed by atoms with Crippen LogP contribution in [-0.4, -0.2) is 16.8 Å². The number of amides is 2. The van der Waals surface area contributed by atoms with Crippen LogP contribution in [0.2, 0.25) is 0 Å². The van der Waals surface area contributed by atoms with E-state index in [1.165, 1.54) is 0 Å². The van der Waals surface area contributed by atoms with Crippen molar-refractivity contribution in [2.45, 2.75) is 0 Å². The lowest BCUT2D eigenvalue weighted by molar-refractivity contribution is 0.0611. The Bertz CT molecular complexity index is 769. The molecule has 0 radical (unpaired) electrons. The van der Waals surface area contributed by atoms with E-state index >= 15 is 0 Å². The van der Waals surface area contributed by atoms with E-state index in [2.05, 4.69) is 0 Å². The summed E-state index contributed by atoms with van der Waals surface area (Å²) in [5.41, 5.74) is 18.4. The number of carbonyl (C=O) groups excluding carboxylic acids is 2. The van der Waals surface area contributed by atoms with Crippen LogP contribution in [0.15, 0.2) is 18.2 Å². The summed E-state index contributed by atoms with van der Waals surface area (Å²) in [5.74, 6) is 4.20. The van der Waals surface area contributed by atoms with Crippen molar-refractivity contribution in [2.24, 2.45) is 5.84 Å². The molecule has 2 aromatic carbocycles. The Kier molecular flexibility index (Phi) is 2.00. The van der Waals surface area contributed by atoms with Gasteiger partial charge in [-0.15, -0.1) is 0 Å². The first-order chi connectivity index (χ1) is 8.95. The number of imide groups is 1. The van der Waals surface area contributed by atoms with Crippen molar-refractivity contribution in [1.82, 2.24) is 5.01 Å². The monoisotopic (exact) mass is 257 g/mol. The quantitative estimate of drug-likeness (QED) is 0.227. The van der Waals surface area contributed by atoms with Gasteiger partial charge < -0.3 is 17.2 Å². The third kappa shape index (κ3) is 1.19. The van der Waals surface area contributed by atoms with Crippen molar-refractivity contribution in [3.05, 3.63) is 29.3 Å². The lowest BCUT2D eigenvalue weighted by Gasteiger charge is -2.25. The molecule has 7 nitrogen and oxygen atoms in total. The summed E-state index contributed by atoms with van der Waals surface area (Å²) in [5, 5.41) is 1.46. The Labute approximate surface area is 107 Å². The van der Waals surface area contributed by atoms with Gasteiger partial charge in [-0.05, 0) is 6.07 Å². The molecule has 1 heterocycles. The van der Waals surface area contributed by atoms with E-state index < -0.39 is 11.8 Å². The third-order valence-corrected chi connectivity index (χ3v) is 3.34. The molecule has 19 heavy (non-hydrogen) atoms. The summed E-state index contributed by atoms with van der Waals surface area (Å²) in [6, 6.07) is 4.89. The number of rotatable bonds is 0. The van der Waals surface area contributed by atoms with E-state index in [-0.39, 0.29) is 28.2 Å². The van der Waals surface area contributed by atoms with Gasteiger partial charge in [0.1, 0.15) is 0 Å². The molecule has 2 aromatic rings. The zero-order chi connectivity index (χ0) is 13.9. The fourth-order valence-electron chi connectivity index (χ4n) is 2.35. The summed E-state index contributed by atoms with van der Waals surface area (Å²) in [6.45, 7) is 0. The van der Waals surface area contributed by atoms with Gasteiger partial charge in [-0.2, -0.15) is 0 Å². The first-order valence-corrected chi connectivity index (χ1v) is 5.47. The van der Waals surface area contributed by atoms with Crippen LogP contribution in [0.1, 0.15) is 20.7 Å². The Balaban J connectivity index is 2.63. The van der Waals surface area contributed by atoms with Crippen LogP contribution in [0.25, 0.3) is 10.8 Å². The van der Waals surface area contributed by atoms with Crippen molar-refractivity contribution >= 4 is 39.6 Å². The zero-order valence-electron chi connectivity index (χ0n) is 9.81. The number of hydrogen-bond donors (Lipinski definition) is 4. The minimum Gasteiger partial charge on any atom is -0.396 e. The van der Waals surface area contributed by atoms with Crippen LogP contribution in [0.4, 0.5) is 17.1 Å². The van der Waals surface area contributed by atoms with Gasteiger partial charge in [0.15, 0.2) is 0 Å². The molecule has 0 fully saturated rings. The van der Waals surface area contributed by atoms with E-state index in [1.54, 1.807) is 18.2 Å². The number of nitrogens with zero attached hydrogens (tertiary/aromatic N) is 1. The van der Waals surface area contributed by atoms with E-state index in [1.807, 2.05) is 0 Å². The topological polar surface area (TPSA) is 141 Å². The van der Waals surface area contributed by atoms with Gasteiger partial charge in [-0.25, -0.2) is 10.9 Å². The van der Waals surface area contributed by atoms with Gasteiger partial charge in [0.25, 0.3) is 11.8 Å². The second kappa shape index (κ2) is 3.36. The Morgan fingerprint density at radius 3 is 2.26 bits per heavy atom. The lowest BCUT2D eigenvalue weighted by Crippen LogP contribution is -2.45. The average Bonchev–Trinajstić information content (AvgIpc) is 2.41. The van der Waals surface area contributed by atoms with E-state index in [0.29, 0.717) is 15.8 Å². The predicted molar refractivity (Wildman–Crippen MR) is 71.9 cm³/mol. The third-order valence-electron chi connectivity index (χ3n) is 3.34. The highest BCUT2D eigenvalue weighted by Crippen LogP contribution is 2.40. The molecule has 0 saturated carbocycles. The highest BCUT2D eigenvalue weighted by atomic mass is 16.2. The summed E-state index contributed by atoms with van der Waals surface area (Å²) < 4.78 is 0. The van der Waals surface area contributed by atoms with Crippen LogP contribution >= 0.6 is 0 Å². The maximum absolute atomic E-state index is 12.1. The standard InChI is InChI=1S/C12H11N5O2/c13-8-4-2-1-3-5-6(4)7(9(14)10(8)15)12(19)17(16)11(5)18/h1-3H,13-16H2. The number of benzene rings is 2. The number of hydrazine groups is 1. The molecule has 3 rings (SSSR count). The van der Waals surface area contributed by atoms with Crippen LogP contribution in [0, 0.1) is 0 Å². The molecule has 7 heteroatoms. The zero-order valence-corrected chi connectivity index (χ0v) is 9.81. The molecule has 96 valence electrons. The van der Waals surface area contributed by atoms with Crippen molar-refractivity contribution in [1.29, 1.82) is 0 Å². The fraction of sp³-hybridized carbons (Fsp3) is 0. The van der Waals surface area contributed by atoms with Crippen molar-refractivity contribution in [3.63, 3.8) is 0 Å². The average molecular weight is 257 g/mol. The number of nitrogen functional groups attached to an aromatic ring is 3. The van der Waals surface area contributed by atoms with Gasteiger partial charge in [-0.1, -0.05) is 12.1 Å². The molecule has 0 aliphatic carbocycles. The SMILES string of the molecule is Nc1c(N)c2c3c(cccc3c1N)C(=O)N(N)C2=O. The molecule has 1 aliphatic rings. The highest BCUT2D eigenvalue weighted by molar-refractivity contribution is 6.30. The van der Waals surface area contributed by atoms with Crippen molar-refractivity contribution < 1.29 is 9.59 Å². The fourth-order valence-corrected chi connectivity index (χ4v) is 2.35. The van der Waals surface area contributed by atoms with Crippen LogP contribution in [-0.2, 0) is 0 Å². The van der Waals surface area contributed by atoms with Crippen LogP contribution in [0.3, 0.4) is 0 Å². The predicted octanol–water partition coefficient (Wildman–Crippen LogP) is 0.0561. The van der Waals surface area contributed by atoms with Crippen LogP contribution in [0.5, 0.6) is 0 Å². The lowest BCUT2D eigenvalue weighted by atomic mass is 9.91. The highest BCUT2D eigenvalue weighted by Gasteiger charge is 2.34. The molecule has 0 saturated heterocycles. The molecule has 2 amide bonds. The largest absolute Gasteiger partial charge is 0.396 e. The van der Waals surface area contributed by atoms with E-state index in [9.17, 15) is 9.59 Å². The number of carbonyl (C=O) groups is 2. The second-order valence-corrected chi connectivity index (χ2v) is 4.32. The Hall–Kier alpha value is -2.80. The minimum atomic E-state index is -0.682. The van der Waals surface area contributed by atoms with Gasteiger partial charge in [0.05, 0.1) is 28.2 Å². The maximum Gasteiger partial charge on any atom is 0.277 e. The van der Waals surface area contributed by atoms with E-state index in [4.69, 9.17) is 23.0 Å². The maximum atomic E-state index is 12.1. The van der Waals surface area contributed by atoms with Gasteiger partial charge in [0.2, 0.25) is 0 Å². The Morgan fingerprint density at radius 2 is 1.58 bits per heavy atom. The molecular formula is C12H11N5O2. The molecular weight excluding hydrogens is 246 g/mol. The molecule has 0 aromatic heterocycles. The summed E-state index contributed by atoms with van der Waals surface area (Å²) >= 11 is 0. The smallest absolute Gasteiger partial charge is 0.277 e. The number of hydrogen-bond acceptors (Lipinski definition) is 6. The minimum absolute atomic E-state index is 0.0467. The first-order valence-electron chi connectivity index (χ1n) is 5.47. The summed E-state index contributed by atoms with van der Waals surface area (Å²) in [6.07, 6.45) is 0. The Morgan fingerprint density at radius 1 is 0.895 bits per heavy atom. The molecule has 0 atom stereocenters. The van der Waals surface area contributed by atoms with Gasteiger partial charge in [-0.3, -0.25) is 9.59 Å². The first kappa shape index (κ1) is 11.3. The van der Waals surface area contributed by atoms with Crippen molar-refractivity contribution in [3.8, 4) is 0 Å². The van der Waals surface area contributed by atoms with E-state index in [0.717, 1.165) is 0 Å². The van der Waals surface area contributed by atoms with Crippen molar-refractivity contribution in [2.75, 3.05) is 17.2 Å². The summed E-state index contributed by atoms with van der Waals surface area (Å²) in [4.78, 5) is 24.1. The van der Waals surface area contributed by atoms with Crippen LogP contribution < -0.4 is 23.0 Å². The second-order valence-electron chi connectivity index (χ2n) is 4.32. The molecule has 0 spiro atoms. The summed E-state index contributed by atoms with van der Waals surface area (Å²) in [7, 11) is 0. The molecule has 0 bridgehead atoms. The van der Waals surface area contributed by atoms with Gasteiger partial charge >= 0.3 is 0 Å². The molecule has 8 N–H and O–H groups in total. The number of anilines is 3. The molecule has 1 aliphatic heterocycles.